The summed E-state index contributed by atoms with van der Waals surface area (Å²) in [4.78, 5) is 12.2. The molecule has 1 fully saturated rings. The molecule has 0 spiro atoms. The molecular weight excluding hydrogens is 258 g/mol. The molecule has 3 heteroatoms. The number of carbonyl (C=O) groups excluding carboxylic acids is 1. The highest BCUT2D eigenvalue weighted by atomic mass is 35.5. The zero-order valence-electron chi connectivity index (χ0n) is 11.0. The number of rotatable bonds is 4. The molecule has 1 aromatic rings. The Morgan fingerprint density at radius 1 is 1.42 bits per heavy atom. The van der Waals surface area contributed by atoms with Gasteiger partial charge >= 0.3 is 0 Å². The number of carbonyl (C=O) groups is 1. The van der Waals surface area contributed by atoms with E-state index >= 15 is 0 Å². The summed E-state index contributed by atoms with van der Waals surface area (Å²) in [6.07, 6.45) is 6.75. The van der Waals surface area contributed by atoms with Crippen LogP contribution in [0, 0.1) is 17.8 Å². The molecule has 2 aliphatic carbocycles. The zero-order chi connectivity index (χ0) is 13.4. The summed E-state index contributed by atoms with van der Waals surface area (Å²) in [6.45, 7) is 2.14. The Bertz CT molecular complexity index is 508. The Labute approximate surface area is 118 Å². The van der Waals surface area contributed by atoms with Crippen LogP contribution in [0.5, 0.6) is 0 Å². The van der Waals surface area contributed by atoms with Crippen molar-refractivity contribution in [2.45, 2.75) is 25.8 Å². The first-order chi connectivity index (χ1) is 9.20. The standard InChI is InChI=1S/C16H18ClNO/c1-2-14(15-12-4-3-5-13(12)15)18-16(19)10-6-8-11(17)9-7-10/h3-4,6-9,12-15H,2,5H2,1H3,(H,18,19)/t12-,13+,14?,15+/m1/s1. The van der Waals surface area contributed by atoms with Gasteiger partial charge in [0.05, 0.1) is 0 Å². The Hall–Kier alpha value is -1.28. The van der Waals surface area contributed by atoms with Crippen molar-refractivity contribution in [2.75, 3.05) is 0 Å². The molecule has 1 unspecified atom stereocenters. The van der Waals surface area contributed by atoms with Crippen LogP contribution in [0.3, 0.4) is 0 Å². The molecule has 4 atom stereocenters. The highest BCUT2D eigenvalue weighted by molar-refractivity contribution is 6.30. The number of halogens is 1. The lowest BCUT2D eigenvalue weighted by molar-refractivity contribution is 0.0929. The van der Waals surface area contributed by atoms with Crippen LogP contribution in [-0.2, 0) is 0 Å². The van der Waals surface area contributed by atoms with Crippen molar-refractivity contribution in [3.8, 4) is 0 Å². The molecule has 2 nitrogen and oxygen atoms in total. The van der Waals surface area contributed by atoms with E-state index in [0.717, 1.165) is 12.3 Å². The SMILES string of the molecule is CCC(NC(=O)c1ccc(Cl)cc1)[C@H]1[C@@H]2C=CC[C@@H]21. The maximum Gasteiger partial charge on any atom is 0.251 e. The van der Waals surface area contributed by atoms with Crippen LogP contribution in [-0.4, -0.2) is 11.9 Å². The van der Waals surface area contributed by atoms with E-state index in [9.17, 15) is 4.79 Å². The van der Waals surface area contributed by atoms with E-state index in [0.29, 0.717) is 28.5 Å². The highest BCUT2D eigenvalue weighted by Gasteiger charge is 2.53. The topological polar surface area (TPSA) is 29.1 Å². The van der Waals surface area contributed by atoms with Gasteiger partial charge < -0.3 is 5.32 Å². The van der Waals surface area contributed by atoms with Gasteiger partial charge in [-0.1, -0.05) is 30.7 Å². The van der Waals surface area contributed by atoms with Crippen molar-refractivity contribution in [3.05, 3.63) is 47.0 Å². The van der Waals surface area contributed by atoms with Crippen molar-refractivity contribution in [1.82, 2.24) is 5.32 Å². The minimum Gasteiger partial charge on any atom is -0.349 e. The van der Waals surface area contributed by atoms with Crippen molar-refractivity contribution >= 4 is 17.5 Å². The summed E-state index contributed by atoms with van der Waals surface area (Å²) in [5.74, 6) is 2.13. The molecule has 1 saturated carbocycles. The molecule has 1 N–H and O–H groups in total. The van der Waals surface area contributed by atoms with Crippen LogP contribution in [0.15, 0.2) is 36.4 Å². The summed E-state index contributed by atoms with van der Waals surface area (Å²) in [6, 6.07) is 7.36. The summed E-state index contributed by atoms with van der Waals surface area (Å²) >= 11 is 5.84. The first kappa shape index (κ1) is 12.7. The van der Waals surface area contributed by atoms with Gasteiger partial charge in [0, 0.05) is 16.6 Å². The quantitative estimate of drug-likeness (QED) is 0.835. The largest absolute Gasteiger partial charge is 0.349 e. The lowest BCUT2D eigenvalue weighted by Gasteiger charge is -2.18. The summed E-state index contributed by atoms with van der Waals surface area (Å²) < 4.78 is 0. The summed E-state index contributed by atoms with van der Waals surface area (Å²) in [5, 5.41) is 3.83. The maximum absolute atomic E-state index is 12.2. The minimum atomic E-state index is 0.0115. The predicted molar refractivity (Wildman–Crippen MR) is 77.2 cm³/mol. The second-order valence-corrected chi connectivity index (χ2v) is 5.91. The fourth-order valence-corrected chi connectivity index (χ4v) is 3.42. The molecule has 19 heavy (non-hydrogen) atoms. The Balaban J connectivity index is 1.65. The Morgan fingerprint density at radius 3 is 2.74 bits per heavy atom. The zero-order valence-corrected chi connectivity index (χ0v) is 11.7. The van der Waals surface area contributed by atoms with Gasteiger partial charge in [-0.15, -0.1) is 0 Å². The van der Waals surface area contributed by atoms with Gasteiger partial charge in [-0.3, -0.25) is 4.79 Å². The van der Waals surface area contributed by atoms with Crippen molar-refractivity contribution < 1.29 is 4.79 Å². The number of hydrogen-bond acceptors (Lipinski definition) is 1. The molecule has 0 saturated heterocycles. The number of benzene rings is 1. The fraction of sp³-hybridized carbons (Fsp3) is 0.438. The second-order valence-electron chi connectivity index (χ2n) is 5.48. The number of fused-ring (bicyclic) bond motifs is 1. The van der Waals surface area contributed by atoms with E-state index in [-0.39, 0.29) is 5.91 Å². The fourth-order valence-electron chi connectivity index (χ4n) is 3.30. The van der Waals surface area contributed by atoms with Gasteiger partial charge in [-0.2, -0.15) is 0 Å². The van der Waals surface area contributed by atoms with Crippen molar-refractivity contribution in [1.29, 1.82) is 0 Å². The molecular formula is C16H18ClNO. The lowest BCUT2D eigenvalue weighted by Crippen LogP contribution is -2.37. The maximum atomic E-state index is 12.2. The van der Waals surface area contributed by atoms with E-state index in [2.05, 4.69) is 24.4 Å². The molecule has 2 aliphatic rings. The molecule has 0 aliphatic heterocycles. The number of nitrogens with one attached hydrogen (secondary N) is 1. The second kappa shape index (κ2) is 5.01. The molecule has 100 valence electrons. The van der Waals surface area contributed by atoms with E-state index in [1.807, 2.05) is 0 Å². The van der Waals surface area contributed by atoms with Crippen LogP contribution < -0.4 is 5.32 Å². The first-order valence-corrected chi connectivity index (χ1v) is 7.31. The van der Waals surface area contributed by atoms with Crippen LogP contribution in [0.25, 0.3) is 0 Å². The molecule has 0 radical (unpaired) electrons. The highest BCUT2D eigenvalue weighted by Crippen LogP contribution is 2.55. The number of hydrogen-bond donors (Lipinski definition) is 1. The molecule has 1 aromatic carbocycles. The molecule has 0 heterocycles. The minimum absolute atomic E-state index is 0.0115. The van der Waals surface area contributed by atoms with Crippen LogP contribution >= 0.6 is 11.6 Å². The van der Waals surface area contributed by atoms with Gasteiger partial charge in [-0.25, -0.2) is 0 Å². The molecule has 0 aromatic heterocycles. The predicted octanol–water partition coefficient (Wildman–Crippen LogP) is 3.67. The number of amides is 1. The Kier molecular flexibility index (Phi) is 3.36. The summed E-state index contributed by atoms with van der Waals surface area (Å²) in [5.41, 5.74) is 0.684. The van der Waals surface area contributed by atoms with E-state index < -0.39 is 0 Å². The Morgan fingerprint density at radius 2 is 2.16 bits per heavy atom. The van der Waals surface area contributed by atoms with Gasteiger partial charge in [0.15, 0.2) is 0 Å². The van der Waals surface area contributed by atoms with Crippen molar-refractivity contribution in [2.24, 2.45) is 17.8 Å². The van der Waals surface area contributed by atoms with E-state index in [1.165, 1.54) is 6.42 Å². The monoisotopic (exact) mass is 275 g/mol. The third kappa shape index (κ3) is 2.42. The molecule has 0 bridgehead atoms. The van der Waals surface area contributed by atoms with Gasteiger partial charge in [-0.05, 0) is 54.9 Å². The van der Waals surface area contributed by atoms with E-state index in [4.69, 9.17) is 11.6 Å². The van der Waals surface area contributed by atoms with Gasteiger partial charge in [0.25, 0.3) is 5.91 Å². The smallest absolute Gasteiger partial charge is 0.251 e. The van der Waals surface area contributed by atoms with Gasteiger partial charge in [0.1, 0.15) is 0 Å². The van der Waals surface area contributed by atoms with Gasteiger partial charge in [0.2, 0.25) is 0 Å². The average Bonchev–Trinajstić information content (AvgIpc) is 2.89. The first-order valence-electron chi connectivity index (χ1n) is 6.94. The third-order valence-electron chi connectivity index (χ3n) is 4.39. The van der Waals surface area contributed by atoms with Crippen LogP contribution in [0.1, 0.15) is 30.1 Å². The molecule has 3 rings (SSSR count). The van der Waals surface area contributed by atoms with Crippen LogP contribution in [0.2, 0.25) is 5.02 Å². The normalized spacial score (nSPS) is 28.8. The average molecular weight is 276 g/mol. The van der Waals surface area contributed by atoms with E-state index in [1.54, 1.807) is 24.3 Å². The molecule has 1 amide bonds. The lowest BCUT2D eigenvalue weighted by atomic mass is 10.0. The third-order valence-corrected chi connectivity index (χ3v) is 4.64. The number of allylic oxidation sites excluding steroid dienone is 2. The van der Waals surface area contributed by atoms with Crippen molar-refractivity contribution in [3.63, 3.8) is 0 Å². The summed E-state index contributed by atoms with van der Waals surface area (Å²) in [7, 11) is 0. The van der Waals surface area contributed by atoms with Crippen LogP contribution in [0.4, 0.5) is 0 Å².